The second kappa shape index (κ2) is 9.86. The van der Waals surface area contributed by atoms with Crippen LogP contribution in [0.2, 0.25) is 0 Å². The van der Waals surface area contributed by atoms with E-state index in [2.05, 4.69) is 20.5 Å². The van der Waals surface area contributed by atoms with Gasteiger partial charge in [-0.25, -0.2) is 9.97 Å². The van der Waals surface area contributed by atoms with Crippen LogP contribution in [0.25, 0.3) is 0 Å². The van der Waals surface area contributed by atoms with E-state index in [9.17, 15) is 9.70 Å². The van der Waals surface area contributed by atoms with Crippen LogP contribution in [0.4, 0.5) is 23.0 Å². The number of hydrogen-bond acceptors (Lipinski definition) is 10. The second-order valence-corrected chi connectivity index (χ2v) is 6.69. The normalized spacial score (nSPS) is 14.2. The van der Waals surface area contributed by atoms with Crippen molar-refractivity contribution in [1.82, 2.24) is 9.97 Å². The number of carbonyl (C=O) groups is 1. The predicted octanol–water partition coefficient (Wildman–Crippen LogP) is 3.41. The Hall–Kier alpha value is -3.43. The number of rotatable bonds is 8. The third-order valence-electron chi connectivity index (χ3n) is 4.97. The van der Waals surface area contributed by atoms with E-state index in [4.69, 9.17) is 14.2 Å². The Morgan fingerprint density at radius 2 is 2.00 bits per heavy atom. The zero-order valence-electron chi connectivity index (χ0n) is 17.3. The number of ether oxygens (including phenoxy) is 3. The molecular formula is C20H25N5O5. The first-order valence-electron chi connectivity index (χ1n) is 9.70. The topological polar surface area (TPSA) is 115 Å². The number of nitroso groups, excluding NO2 is 1. The van der Waals surface area contributed by atoms with Crippen molar-refractivity contribution in [3.05, 3.63) is 29.4 Å². The summed E-state index contributed by atoms with van der Waals surface area (Å²) in [5.74, 6) is 1.54. The molecule has 160 valence electrons. The largest absolute Gasteiger partial charge is 0.497 e. The fourth-order valence-corrected chi connectivity index (χ4v) is 3.40. The van der Waals surface area contributed by atoms with Gasteiger partial charge in [-0.1, -0.05) is 0 Å². The monoisotopic (exact) mass is 415 g/mol. The Labute approximate surface area is 174 Å². The van der Waals surface area contributed by atoms with Crippen LogP contribution in [0.5, 0.6) is 11.5 Å². The molecule has 0 aliphatic carbocycles. The van der Waals surface area contributed by atoms with Crippen LogP contribution >= 0.6 is 0 Å². The van der Waals surface area contributed by atoms with E-state index in [0.717, 1.165) is 0 Å². The highest BCUT2D eigenvalue weighted by atomic mass is 16.5. The quantitative estimate of drug-likeness (QED) is 0.511. The minimum absolute atomic E-state index is 0.0944. The molecule has 0 amide bonds. The molecule has 1 saturated heterocycles. The molecule has 30 heavy (non-hydrogen) atoms. The minimum Gasteiger partial charge on any atom is -0.497 e. The number of nitrogens with zero attached hydrogens (tertiary/aromatic N) is 4. The van der Waals surface area contributed by atoms with Gasteiger partial charge in [0, 0.05) is 19.2 Å². The molecule has 0 spiro atoms. The van der Waals surface area contributed by atoms with Crippen LogP contribution in [0, 0.1) is 10.8 Å². The Balaban J connectivity index is 1.82. The summed E-state index contributed by atoms with van der Waals surface area (Å²) in [5, 5.41) is 6.27. The van der Waals surface area contributed by atoms with Crippen molar-refractivity contribution >= 4 is 29.0 Å². The Kier molecular flexibility index (Phi) is 6.99. The lowest BCUT2D eigenvalue weighted by atomic mass is 9.97. The van der Waals surface area contributed by atoms with E-state index in [1.165, 1.54) is 6.33 Å². The smallest absolute Gasteiger partial charge is 0.309 e. The van der Waals surface area contributed by atoms with Crippen molar-refractivity contribution in [3.8, 4) is 11.5 Å². The van der Waals surface area contributed by atoms with Gasteiger partial charge in [-0.05, 0) is 37.1 Å². The van der Waals surface area contributed by atoms with E-state index in [-0.39, 0.29) is 23.4 Å². The molecule has 10 heteroatoms. The zero-order valence-corrected chi connectivity index (χ0v) is 17.3. The SMILES string of the molecule is CCOC(=O)C1CCN(c2ncnc(Nc3cc(OC)ccc3OC)c2N=O)CC1. The Bertz CT molecular complexity index is 899. The molecule has 1 fully saturated rings. The van der Waals surface area contributed by atoms with E-state index in [1.807, 2.05) is 4.90 Å². The third kappa shape index (κ3) is 4.58. The van der Waals surface area contributed by atoms with Gasteiger partial charge in [0.25, 0.3) is 0 Å². The summed E-state index contributed by atoms with van der Waals surface area (Å²) in [6.07, 6.45) is 2.61. The highest BCUT2D eigenvalue weighted by molar-refractivity contribution is 5.80. The van der Waals surface area contributed by atoms with Crippen LogP contribution in [-0.2, 0) is 9.53 Å². The maximum absolute atomic E-state index is 12.0. The lowest BCUT2D eigenvalue weighted by molar-refractivity contribution is -0.148. The Morgan fingerprint density at radius 1 is 1.23 bits per heavy atom. The van der Waals surface area contributed by atoms with Crippen LogP contribution < -0.4 is 19.7 Å². The van der Waals surface area contributed by atoms with E-state index < -0.39 is 0 Å². The summed E-state index contributed by atoms with van der Waals surface area (Å²) in [4.78, 5) is 34.0. The zero-order chi connectivity index (χ0) is 21.5. The molecule has 10 nitrogen and oxygen atoms in total. The molecule has 1 aromatic carbocycles. The number of carbonyl (C=O) groups excluding carboxylic acids is 1. The Morgan fingerprint density at radius 3 is 2.63 bits per heavy atom. The molecule has 1 N–H and O–H groups in total. The van der Waals surface area contributed by atoms with Crippen LogP contribution in [0.1, 0.15) is 19.8 Å². The molecule has 1 aromatic heterocycles. The van der Waals surface area contributed by atoms with Gasteiger partial charge in [0.05, 0.1) is 32.4 Å². The first kappa shape index (κ1) is 21.3. The highest BCUT2D eigenvalue weighted by Crippen LogP contribution is 2.38. The standard InChI is InChI=1S/C20H25N5O5/c1-4-30-20(26)13-7-9-25(10-8-13)19-17(24-27)18(21-12-22-19)23-15-11-14(28-2)5-6-16(15)29-3/h5-6,11-13H,4,7-10H2,1-3H3,(H,21,22,23). The van der Waals surface area contributed by atoms with Gasteiger partial charge in [0.1, 0.15) is 17.8 Å². The van der Waals surface area contributed by atoms with E-state index in [1.54, 1.807) is 39.3 Å². The minimum atomic E-state index is -0.180. The number of benzene rings is 1. The molecule has 1 aliphatic rings. The molecular weight excluding hydrogens is 390 g/mol. The van der Waals surface area contributed by atoms with Crippen molar-refractivity contribution in [2.75, 3.05) is 44.1 Å². The molecule has 2 aromatic rings. The van der Waals surface area contributed by atoms with Crippen molar-refractivity contribution < 1.29 is 19.0 Å². The van der Waals surface area contributed by atoms with Crippen LogP contribution in [0.15, 0.2) is 29.7 Å². The highest BCUT2D eigenvalue weighted by Gasteiger charge is 2.29. The number of nitrogens with one attached hydrogen (secondary N) is 1. The number of piperidine rings is 1. The van der Waals surface area contributed by atoms with Crippen LogP contribution in [-0.4, -0.2) is 49.9 Å². The lowest BCUT2D eigenvalue weighted by Crippen LogP contribution is -2.37. The average molecular weight is 415 g/mol. The van der Waals surface area contributed by atoms with Crippen molar-refractivity contribution in [2.24, 2.45) is 11.1 Å². The van der Waals surface area contributed by atoms with Gasteiger partial charge in [-0.2, -0.15) is 0 Å². The summed E-state index contributed by atoms with van der Waals surface area (Å²) < 4.78 is 15.7. The number of esters is 1. The van der Waals surface area contributed by atoms with Gasteiger partial charge in [-0.3, -0.25) is 4.79 Å². The van der Waals surface area contributed by atoms with Crippen molar-refractivity contribution in [2.45, 2.75) is 19.8 Å². The molecule has 0 bridgehead atoms. The second-order valence-electron chi connectivity index (χ2n) is 6.69. The summed E-state index contributed by atoms with van der Waals surface area (Å²) in [6.45, 7) is 3.28. The van der Waals surface area contributed by atoms with E-state index in [0.29, 0.717) is 55.5 Å². The number of hydrogen-bond donors (Lipinski definition) is 1. The predicted molar refractivity (Wildman–Crippen MR) is 112 cm³/mol. The third-order valence-corrected chi connectivity index (χ3v) is 4.97. The van der Waals surface area contributed by atoms with Crippen LogP contribution in [0.3, 0.4) is 0 Å². The van der Waals surface area contributed by atoms with Gasteiger partial charge in [0.2, 0.25) is 0 Å². The summed E-state index contributed by atoms with van der Waals surface area (Å²) in [6, 6.07) is 5.25. The molecule has 3 rings (SSSR count). The lowest BCUT2D eigenvalue weighted by Gasteiger charge is -2.32. The summed E-state index contributed by atoms with van der Waals surface area (Å²) in [5.41, 5.74) is 0.671. The van der Waals surface area contributed by atoms with Crippen molar-refractivity contribution in [1.29, 1.82) is 0 Å². The number of aromatic nitrogens is 2. The first-order chi connectivity index (χ1) is 14.6. The molecule has 2 heterocycles. The average Bonchev–Trinajstić information content (AvgIpc) is 2.79. The fourth-order valence-electron chi connectivity index (χ4n) is 3.40. The first-order valence-corrected chi connectivity index (χ1v) is 9.70. The van der Waals surface area contributed by atoms with Crippen molar-refractivity contribution in [3.63, 3.8) is 0 Å². The molecule has 0 radical (unpaired) electrons. The molecule has 0 unspecified atom stereocenters. The molecule has 0 saturated carbocycles. The molecule has 1 aliphatic heterocycles. The van der Waals surface area contributed by atoms with Gasteiger partial charge in [-0.15, -0.1) is 4.91 Å². The fraction of sp³-hybridized carbons (Fsp3) is 0.450. The maximum Gasteiger partial charge on any atom is 0.309 e. The maximum atomic E-state index is 12.0. The van der Waals surface area contributed by atoms with Gasteiger partial charge >= 0.3 is 5.97 Å². The summed E-state index contributed by atoms with van der Waals surface area (Å²) in [7, 11) is 3.11. The molecule has 0 atom stereocenters. The van der Waals surface area contributed by atoms with Gasteiger partial charge < -0.3 is 24.4 Å². The number of anilines is 3. The number of methoxy groups -OCH3 is 2. The van der Waals surface area contributed by atoms with E-state index >= 15 is 0 Å². The van der Waals surface area contributed by atoms with Gasteiger partial charge in [0.15, 0.2) is 17.3 Å². The summed E-state index contributed by atoms with van der Waals surface area (Å²) >= 11 is 0.